The maximum absolute atomic E-state index is 12.1. The van der Waals surface area contributed by atoms with Gasteiger partial charge in [-0.2, -0.15) is 0 Å². The van der Waals surface area contributed by atoms with Crippen molar-refractivity contribution in [1.29, 1.82) is 0 Å². The largest absolute Gasteiger partial charge is 0.497 e. The summed E-state index contributed by atoms with van der Waals surface area (Å²) in [5.74, 6) is 1.80. The lowest BCUT2D eigenvalue weighted by molar-refractivity contribution is -0.125. The molecule has 122 valence electrons. The molecule has 1 saturated heterocycles. The number of carbonyl (C=O) groups is 1. The van der Waals surface area contributed by atoms with Crippen molar-refractivity contribution in [2.75, 3.05) is 31.6 Å². The van der Waals surface area contributed by atoms with E-state index in [-0.39, 0.29) is 11.8 Å². The molecule has 1 N–H and O–H groups in total. The molecule has 2 rings (SSSR count). The SMILES string of the molecule is CCC(CC)C(=O)NCC1CCN(c2cccc(OC)c2)C1. The van der Waals surface area contributed by atoms with Crippen molar-refractivity contribution in [2.24, 2.45) is 11.8 Å². The number of methoxy groups -OCH3 is 1. The first-order valence-corrected chi connectivity index (χ1v) is 8.34. The smallest absolute Gasteiger partial charge is 0.223 e. The summed E-state index contributed by atoms with van der Waals surface area (Å²) in [5, 5.41) is 3.13. The molecule has 4 heteroatoms. The van der Waals surface area contributed by atoms with Crippen molar-refractivity contribution in [1.82, 2.24) is 5.32 Å². The fraction of sp³-hybridized carbons (Fsp3) is 0.611. The lowest BCUT2D eigenvalue weighted by Crippen LogP contribution is -2.35. The average Bonchev–Trinajstić information content (AvgIpc) is 3.03. The van der Waals surface area contributed by atoms with E-state index in [1.807, 2.05) is 12.1 Å². The highest BCUT2D eigenvalue weighted by molar-refractivity contribution is 5.78. The molecule has 22 heavy (non-hydrogen) atoms. The normalized spacial score (nSPS) is 17.8. The molecule has 1 unspecified atom stereocenters. The Balaban J connectivity index is 1.83. The number of nitrogens with one attached hydrogen (secondary N) is 1. The minimum atomic E-state index is 0.163. The van der Waals surface area contributed by atoms with Gasteiger partial charge in [-0.1, -0.05) is 19.9 Å². The lowest BCUT2D eigenvalue weighted by atomic mass is 10.0. The summed E-state index contributed by atoms with van der Waals surface area (Å²) in [6.45, 7) is 6.98. The molecule has 1 amide bonds. The van der Waals surface area contributed by atoms with Crippen molar-refractivity contribution >= 4 is 11.6 Å². The number of anilines is 1. The first-order chi connectivity index (χ1) is 10.7. The number of rotatable bonds is 7. The Hall–Kier alpha value is -1.71. The summed E-state index contributed by atoms with van der Waals surface area (Å²) in [6, 6.07) is 8.18. The molecule has 1 fully saturated rings. The topological polar surface area (TPSA) is 41.6 Å². The Bertz CT molecular complexity index is 486. The highest BCUT2D eigenvalue weighted by atomic mass is 16.5. The van der Waals surface area contributed by atoms with Gasteiger partial charge < -0.3 is 15.0 Å². The van der Waals surface area contributed by atoms with E-state index in [9.17, 15) is 4.79 Å². The van der Waals surface area contributed by atoms with Crippen LogP contribution in [0.5, 0.6) is 5.75 Å². The molecule has 0 saturated carbocycles. The third-order valence-electron chi connectivity index (χ3n) is 4.63. The highest BCUT2D eigenvalue weighted by Crippen LogP contribution is 2.26. The van der Waals surface area contributed by atoms with E-state index in [1.54, 1.807) is 7.11 Å². The Kier molecular flexibility index (Phi) is 6.10. The number of hydrogen-bond acceptors (Lipinski definition) is 3. The first kappa shape index (κ1) is 16.7. The second-order valence-corrected chi connectivity index (χ2v) is 6.06. The van der Waals surface area contributed by atoms with E-state index in [2.05, 4.69) is 36.2 Å². The summed E-state index contributed by atoms with van der Waals surface area (Å²) in [4.78, 5) is 14.4. The molecule has 0 bridgehead atoms. The second-order valence-electron chi connectivity index (χ2n) is 6.06. The molecular weight excluding hydrogens is 276 g/mol. The van der Waals surface area contributed by atoms with Crippen LogP contribution in [0.4, 0.5) is 5.69 Å². The zero-order valence-corrected chi connectivity index (χ0v) is 14.0. The van der Waals surface area contributed by atoms with E-state index >= 15 is 0 Å². The summed E-state index contributed by atoms with van der Waals surface area (Å²) >= 11 is 0. The minimum absolute atomic E-state index is 0.163. The van der Waals surface area contributed by atoms with Crippen LogP contribution in [-0.4, -0.2) is 32.7 Å². The molecule has 1 aliphatic heterocycles. The zero-order valence-electron chi connectivity index (χ0n) is 14.0. The van der Waals surface area contributed by atoms with Crippen molar-refractivity contribution in [3.8, 4) is 5.75 Å². The fourth-order valence-corrected chi connectivity index (χ4v) is 3.09. The van der Waals surface area contributed by atoms with Gasteiger partial charge >= 0.3 is 0 Å². The fourth-order valence-electron chi connectivity index (χ4n) is 3.09. The van der Waals surface area contributed by atoms with Gasteiger partial charge in [-0.3, -0.25) is 4.79 Å². The van der Waals surface area contributed by atoms with Crippen LogP contribution in [0.25, 0.3) is 0 Å². The van der Waals surface area contributed by atoms with Gasteiger partial charge in [0, 0.05) is 37.3 Å². The number of carbonyl (C=O) groups excluding carboxylic acids is 1. The van der Waals surface area contributed by atoms with Crippen molar-refractivity contribution in [3.63, 3.8) is 0 Å². The number of ether oxygens (including phenoxy) is 1. The van der Waals surface area contributed by atoms with E-state index < -0.39 is 0 Å². The molecule has 1 heterocycles. The summed E-state index contributed by atoms with van der Waals surface area (Å²) in [6.07, 6.45) is 2.96. The van der Waals surface area contributed by atoms with Gasteiger partial charge in [0.05, 0.1) is 7.11 Å². The molecule has 0 aliphatic carbocycles. The third-order valence-corrected chi connectivity index (χ3v) is 4.63. The molecule has 1 aromatic carbocycles. The van der Waals surface area contributed by atoms with Crippen molar-refractivity contribution in [2.45, 2.75) is 33.1 Å². The average molecular weight is 304 g/mol. The molecule has 1 aliphatic rings. The molecule has 0 spiro atoms. The third kappa shape index (κ3) is 4.15. The van der Waals surface area contributed by atoms with Gasteiger partial charge in [0.15, 0.2) is 0 Å². The first-order valence-electron chi connectivity index (χ1n) is 8.34. The van der Waals surface area contributed by atoms with Crippen LogP contribution in [0.1, 0.15) is 33.1 Å². The van der Waals surface area contributed by atoms with Gasteiger partial charge in [-0.15, -0.1) is 0 Å². The number of amides is 1. The summed E-state index contributed by atoms with van der Waals surface area (Å²) in [5.41, 5.74) is 1.20. The highest BCUT2D eigenvalue weighted by Gasteiger charge is 2.24. The Morgan fingerprint density at radius 2 is 2.18 bits per heavy atom. The number of nitrogens with zero attached hydrogens (tertiary/aromatic N) is 1. The summed E-state index contributed by atoms with van der Waals surface area (Å²) in [7, 11) is 1.69. The van der Waals surface area contributed by atoms with E-state index in [0.717, 1.165) is 44.6 Å². The van der Waals surface area contributed by atoms with Crippen molar-refractivity contribution in [3.05, 3.63) is 24.3 Å². The van der Waals surface area contributed by atoms with Gasteiger partial charge in [0.2, 0.25) is 5.91 Å². The molecule has 0 aromatic heterocycles. The predicted molar refractivity (Wildman–Crippen MR) is 90.4 cm³/mol. The molecular formula is C18H28N2O2. The maximum Gasteiger partial charge on any atom is 0.223 e. The monoisotopic (exact) mass is 304 g/mol. The van der Waals surface area contributed by atoms with Crippen LogP contribution in [-0.2, 0) is 4.79 Å². The van der Waals surface area contributed by atoms with Gasteiger partial charge in [-0.25, -0.2) is 0 Å². The Morgan fingerprint density at radius 3 is 2.86 bits per heavy atom. The standard InChI is InChI=1S/C18H28N2O2/c1-4-15(5-2)18(21)19-12-14-9-10-20(13-14)16-7-6-8-17(11-16)22-3/h6-8,11,14-15H,4-5,9-10,12-13H2,1-3H3,(H,19,21). The number of hydrogen-bond donors (Lipinski definition) is 1. The molecule has 1 atom stereocenters. The quantitative estimate of drug-likeness (QED) is 0.841. The zero-order chi connectivity index (χ0) is 15.9. The van der Waals surface area contributed by atoms with Crippen LogP contribution in [0.2, 0.25) is 0 Å². The van der Waals surface area contributed by atoms with Crippen LogP contribution in [0.15, 0.2) is 24.3 Å². The second kappa shape index (κ2) is 8.06. The Morgan fingerprint density at radius 1 is 1.41 bits per heavy atom. The number of benzene rings is 1. The predicted octanol–water partition coefficient (Wildman–Crippen LogP) is 3.07. The molecule has 0 radical (unpaired) electrons. The minimum Gasteiger partial charge on any atom is -0.497 e. The summed E-state index contributed by atoms with van der Waals surface area (Å²) < 4.78 is 5.29. The van der Waals surface area contributed by atoms with E-state index in [4.69, 9.17) is 4.74 Å². The van der Waals surface area contributed by atoms with Crippen molar-refractivity contribution < 1.29 is 9.53 Å². The van der Waals surface area contributed by atoms with Gasteiger partial charge in [-0.05, 0) is 37.3 Å². The molecule has 4 nitrogen and oxygen atoms in total. The van der Waals surface area contributed by atoms with Crippen LogP contribution >= 0.6 is 0 Å². The van der Waals surface area contributed by atoms with Crippen LogP contribution in [0.3, 0.4) is 0 Å². The molecule has 1 aromatic rings. The van der Waals surface area contributed by atoms with Crippen LogP contribution < -0.4 is 15.0 Å². The lowest BCUT2D eigenvalue weighted by Gasteiger charge is -2.20. The maximum atomic E-state index is 12.1. The van der Waals surface area contributed by atoms with Gasteiger partial charge in [0.25, 0.3) is 0 Å². The van der Waals surface area contributed by atoms with E-state index in [0.29, 0.717) is 5.92 Å². The Labute approximate surface area is 133 Å². The van der Waals surface area contributed by atoms with Crippen LogP contribution in [0, 0.1) is 11.8 Å². The van der Waals surface area contributed by atoms with Gasteiger partial charge in [0.1, 0.15) is 5.75 Å². The van der Waals surface area contributed by atoms with E-state index in [1.165, 1.54) is 5.69 Å².